The van der Waals surface area contributed by atoms with E-state index in [9.17, 15) is 19.1 Å². The number of β-amino-alcohol motifs (C(OH)–C–C–N with tert-alkyl or cyclic N) is 1. The molecule has 3 rings (SSSR count). The van der Waals surface area contributed by atoms with Crippen LogP contribution in [-0.2, 0) is 0 Å². The zero-order chi connectivity index (χ0) is 19.4. The Hall–Kier alpha value is -2.77. The van der Waals surface area contributed by atoms with Crippen LogP contribution < -0.4 is 16.0 Å². The number of anilines is 1. The number of aliphatic hydroxyl groups is 1. The molecule has 1 fully saturated rings. The van der Waals surface area contributed by atoms with Gasteiger partial charge < -0.3 is 21.1 Å². The first-order chi connectivity index (χ1) is 13.0. The zero-order valence-corrected chi connectivity index (χ0v) is 15.0. The number of rotatable bonds is 5. The number of hydrogen-bond donors (Lipinski definition) is 4. The monoisotopic (exact) mass is 371 g/mol. The molecule has 0 bridgehead atoms. The number of aliphatic hydroxyl groups excluding tert-OH is 1. The molecule has 1 aliphatic rings. The second-order valence-corrected chi connectivity index (χ2v) is 6.66. The van der Waals surface area contributed by atoms with E-state index in [0.29, 0.717) is 30.9 Å². The third-order valence-corrected chi connectivity index (χ3v) is 4.70. The van der Waals surface area contributed by atoms with Gasteiger partial charge in [0.05, 0.1) is 11.7 Å². The maximum atomic E-state index is 13.8. The lowest BCUT2D eigenvalue weighted by Gasteiger charge is -2.15. The molecule has 7 heteroatoms. The zero-order valence-electron chi connectivity index (χ0n) is 15.0. The molecule has 27 heavy (non-hydrogen) atoms. The van der Waals surface area contributed by atoms with Crippen LogP contribution in [0.1, 0.15) is 26.3 Å². The smallest absolute Gasteiger partial charge is 0.258 e. The van der Waals surface area contributed by atoms with E-state index in [1.807, 2.05) is 0 Å². The van der Waals surface area contributed by atoms with Crippen LogP contribution >= 0.6 is 0 Å². The molecule has 0 spiro atoms. The van der Waals surface area contributed by atoms with E-state index in [2.05, 4.69) is 16.0 Å². The van der Waals surface area contributed by atoms with Crippen molar-refractivity contribution in [3.8, 4) is 0 Å². The number of carbonyl (C=O) groups excluding carboxylic acids is 2. The van der Waals surface area contributed by atoms with Gasteiger partial charge in [-0.1, -0.05) is 18.2 Å². The minimum Gasteiger partial charge on any atom is -0.391 e. The van der Waals surface area contributed by atoms with E-state index in [-0.39, 0.29) is 17.4 Å². The summed E-state index contributed by atoms with van der Waals surface area (Å²) in [6.07, 6.45) is -0.473. The molecule has 0 saturated carbocycles. The molecule has 2 aromatic rings. The van der Waals surface area contributed by atoms with E-state index in [1.54, 1.807) is 31.2 Å². The van der Waals surface area contributed by atoms with E-state index >= 15 is 0 Å². The standard InChI is InChI=1S/C20H22FN3O3/c1-12-6-7-13(19(26)23-10-14-9-22-11-18(14)25)8-17(12)24-20(27)15-4-2-3-5-16(15)21/h2-8,14,18,22,25H,9-11H2,1H3,(H,23,26)(H,24,27). The summed E-state index contributed by atoms with van der Waals surface area (Å²) in [5.41, 5.74) is 1.52. The molecule has 1 heterocycles. The molecule has 1 saturated heterocycles. The fourth-order valence-corrected chi connectivity index (χ4v) is 2.99. The highest BCUT2D eigenvalue weighted by molar-refractivity contribution is 6.05. The van der Waals surface area contributed by atoms with Gasteiger partial charge in [0.25, 0.3) is 11.8 Å². The van der Waals surface area contributed by atoms with Gasteiger partial charge in [-0.05, 0) is 36.8 Å². The van der Waals surface area contributed by atoms with Gasteiger partial charge in [0.2, 0.25) is 0 Å². The average molecular weight is 371 g/mol. The molecule has 1 aliphatic heterocycles. The maximum absolute atomic E-state index is 13.8. The first-order valence-corrected chi connectivity index (χ1v) is 8.79. The highest BCUT2D eigenvalue weighted by atomic mass is 19.1. The largest absolute Gasteiger partial charge is 0.391 e. The molecule has 6 nitrogen and oxygen atoms in total. The fraction of sp³-hybridized carbons (Fsp3) is 0.300. The Morgan fingerprint density at radius 3 is 2.67 bits per heavy atom. The number of hydrogen-bond acceptors (Lipinski definition) is 4. The molecular weight excluding hydrogens is 349 g/mol. The Balaban J connectivity index is 1.69. The van der Waals surface area contributed by atoms with E-state index < -0.39 is 17.8 Å². The third-order valence-electron chi connectivity index (χ3n) is 4.70. The van der Waals surface area contributed by atoms with Crippen molar-refractivity contribution in [3.05, 3.63) is 65.0 Å². The maximum Gasteiger partial charge on any atom is 0.258 e. The number of carbonyl (C=O) groups is 2. The molecular formula is C20H22FN3O3. The molecule has 0 aromatic heterocycles. The third kappa shape index (κ3) is 4.50. The molecule has 2 atom stereocenters. The summed E-state index contributed by atoms with van der Waals surface area (Å²) in [6.45, 7) is 3.33. The second-order valence-electron chi connectivity index (χ2n) is 6.66. The quantitative estimate of drug-likeness (QED) is 0.644. The fourth-order valence-electron chi connectivity index (χ4n) is 2.99. The number of benzene rings is 2. The van der Waals surface area contributed by atoms with Gasteiger partial charge >= 0.3 is 0 Å². The lowest BCUT2D eigenvalue weighted by Crippen LogP contribution is -2.34. The molecule has 142 valence electrons. The number of aryl methyl sites for hydroxylation is 1. The SMILES string of the molecule is Cc1ccc(C(=O)NCC2CNCC2O)cc1NC(=O)c1ccccc1F. The summed E-state index contributed by atoms with van der Waals surface area (Å²) in [6, 6.07) is 10.7. The molecule has 2 unspecified atom stereocenters. The first kappa shape index (κ1) is 19.0. The molecule has 0 aliphatic carbocycles. The van der Waals surface area contributed by atoms with Crippen molar-refractivity contribution in [1.29, 1.82) is 0 Å². The average Bonchev–Trinajstić information content (AvgIpc) is 3.06. The normalized spacial score (nSPS) is 18.9. The van der Waals surface area contributed by atoms with Gasteiger partial charge in [0.15, 0.2) is 0 Å². The van der Waals surface area contributed by atoms with Crippen molar-refractivity contribution in [1.82, 2.24) is 10.6 Å². The molecule has 2 aromatic carbocycles. The van der Waals surface area contributed by atoms with Crippen LogP contribution in [0.4, 0.5) is 10.1 Å². The van der Waals surface area contributed by atoms with E-state index in [0.717, 1.165) is 5.56 Å². The highest BCUT2D eigenvalue weighted by Gasteiger charge is 2.25. The Morgan fingerprint density at radius 2 is 1.96 bits per heavy atom. The van der Waals surface area contributed by atoms with Gasteiger partial charge in [0.1, 0.15) is 5.82 Å². The molecule has 2 amide bonds. The minimum atomic E-state index is -0.606. The Labute approximate surface area is 156 Å². The van der Waals surface area contributed by atoms with Gasteiger partial charge in [0, 0.05) is 36.8 Å². The summed E-state index contributed by atoms with van der Waals surface area (Å²) in [5, 5.41) is 18.3. The summed E-state index contributed by atoms with van der Waals surface area (Å²) < 4.78 is 13.8. The van der Waals surface area contributed by atoms with Gasteiger partial charge in [-0.15, -0.1) is 0 Å². The highest BCUT2D eigenvalue weighted by Crippen LogP contribution is 2.19. The van der Waals surface area contributed by atoms with Crippen LogP contribution in [0.25, 0.3) is 0 Å². The molecule has 4 N–H and O–H groups in total. The van der Waals surface area contributed by atoms with Crippen LogP contribution in [-0.4, -0.2) is 42.7 Å². The van der Waals surface area contributed by atoms with Crippen molar-refractivity contribution in [2.45, 2.75) is 13.0 Å². The number of halogens is 1. The van der Waals surface area contributed by atoms with Gasteiger partial charge in [-0.25, -0.2) is 4.39 Å². The van der Waals surface area contributed by atoms with Crippen molar-refractivity contribution >= 4 is 17.5 Å². The van der Waals surface area contributed by atoms with Crippen molar-refractivity contribution in [2.24, 2.45) is 5.92 Å². The molecule has 0 radical (unpaired) electrons. The van der Waals surface area contributed by atoms with Crippen molar-refractivity contribution in [3.63, 3.8) is 0 Å². The van der Waals surface area contributed by atoms with E-state index in [1.165, 1.54) is 18.2 Å². The van der Waals surface area contributed by atoms with Crippen molar-refractivity contribution < 1.29 is 19.1 Å². The summed E-state index contributed by atoms with van der Waals surface area (Å²) >= 11 is 0. The Morgan fingerprint density at radius 1 is 1.19 bits per heavy atom. The van der Waals surface area contributed by atoms with Crippen LogP contribution in [0.5, 0.6) is 0 Å². The lowest BCUT2D eigenvalue weighted by atomic mass is 10.1. The Kier molecular flexibility index (Phi) is 5.83. The number of nitrogens with one attached hydrogen (secondary N) is 3. The topological polar surface area (TPSA) is 90.5 Å². The Bertz CT molecular complexity index is 856. The number of amides is 2. The lowest BCUT2D eigenvalue weighted by molar-refractivity contribution is 0.0925. The van der Waals surface area contributed by atoms with Gasteiger partial charge in [-0.3, -0.25) is 9.59 Å². The predicted molar refractivity (Wildman–Crippen MR) is 100 cm³/mol. The summed E-state index contributed by atoms with van der Waals surface area (Å²) in [5.74, 6) is -1.51. The van der Waals surface area contributed by atoms with Crippen LogP contribution in [0.2, 0.25) is 0 Å². The second kappa shape index (κ2) is 8.28. The van der Waals surface area contributed by atoms with Crippen LogP contribution in [0.15, 0.2) is 42.5 Å². The minimum absolute atomic E-state index is 0.0281. The van der Waals surface area contributed by atoms with Crippen LogP contribution in [0.3, 0.4) is 0 Å². The predicted octanol–water partition coefficient (Wildman–Crippen LogP) is 1.70. The first-order valence-electron chi connectivity index (χ1n) is 8.79. The summed E-state index contributed by atoms with van der Waals surface area (Å²) in [4.78, 5) is 24.7. The van der Waals surface area contributed by atoms with Gasteiger partial charge in [-0.2, -0.15) is 0 Å². The van der Waals surface area contributed by atoms with E-state index in [4.69, 9.17) is 0 Å². The van der Waals surface area contributed by atoms with Crippen molar-refractivity contribution in [2.75, 3.05) is 25.0 Å². The summed E-state index contributed by atoms with van der Waals surface area (Å²) in [7, 11) is 0. The van der Waals surface area contributed by atoms with Crippen LogP contribution in [0, 0.1) is 18.7 Å².